The maximum Gasteiger partial charge on any atom is 0.249 e. The average Bonchev–Trinajstić information content (AvgIpc) is 2.98. The predicted molar refractivity (Wildman–Crippen MR) is 98.4 cm³/mol. The van der Waals surface area contributed by atoms with Crippen molar-refractivity contribution in [3.8, 4) is 22.9 Å². The van der Waals surface area contributed by atoms with Crippen molar-refractivity contribution in [1.82, 2.24) is 15.2 Å². The van der Waals surface area contributed by atoms with Gasteiger partial charge in [0.25, 0.3) is 0 Å². The summed E-state index contributed by atoms with van der Waals surface area (Å²) < 4.78 is 5.83. The van der Waals surface area contributed by atoms with Crippen molar-refractivity contribution in [2.45, 2.75) is 32.6 Å². The van der Waals surface area contributed by atoms with Gasteiger partial charge in [-0.1, -0.05) is 30.5 Å². The topological polar surface area (TPSA) is 55.1 Å². The molecule has 0 aliphatic carbocycles. The first kappa shape index (κ1) is 15.8. The summed E-state index contributed by atoms with van der Waals surface area (Å²) >= 11 is 0. The molecule has 2 aromatic heterocycles. The maximum absolute atomic E-state index is 5.83. The van der Waals surface area contributed by atoms with E-state index in [9.17, 15) is 0 Å². The van der Waals surface area contributed by atoms with Crippen molar-refractivity contribution in [3.05, 3.63) is 48.2 Å². The average molecular weight is 334 g/mol. The van der Waals surface area contributed by atoms with Crippen LogP contribution in [0.4, 0.5) is 5.82 Å². The molecule has 0 radical (unpaired) electrons. The molecule has 128 valence electrons. The van der Waals surface area contributed by atoms with Crippen LogP contribution in [0.15, 0.2) is 47.0 Å². The van der Waals surface area contributed by atoms with Gasteiger partial charge in [-0.3, -0.25) is 0 Å². The number of aromatic nitrogens is 3. The molecule has 0 N–H and O–H groups in total. The summed E-state index contributed by atoms with van der Waals surface area (Å²) in [7, 11) is 0. The van der Waals surface area contributed by atoms with Gasteiger partial charge in [0, 0.05) is 24.8 Å². The van der Waals surface area contributed by atoms with Crippen molar-refractivity contribution in [1.29, 1.82) is 0 Å². The Kier molecular flexibility index (Phi) is 4.46. The molecular formula is C20H22N4O. The largest absolute Gasteiger partial charge is 0.416 e. The second-order valence-electron chi connectivity index (χ2n) is 6.58. The lowest BCUT2D eigenvalue weighted by atomic mass is 10.1. The second kappa shape index (κ2) is 7.05. The van der Waals surface area contributed by atoms with Crippen LogP contribution in [0.25, 0.3) is 22.9 Å². The predicted octanol–water partition coefficient (Wildman–Crippen LogP) is 4.49. The molecule has 1 fully saturated rings. The quantitative estimate of drug-likeness (QED) is 0.706. The van der Waals surface area contributed by atoms with Crippen LogP contribution in [0.5, 0.6) is 0 Å². The molecule has 5 nitrogen and oxygen atoms in total. The van der Waals surface area contributed by atoms with Gasteiger partial charge in [0.05, 0.1) is 5.56 Å². The van der Waals surface area contributed by atoms with Crippen molar-refractivity contribution in [2.24, 2.45) is 0 Å². The van der Waals surface area contributed by atoms with Crippen molar-refractivity contribution in [3.63, 3.8) is 0 Å². The van der Waals surface area contributed by atoms with Crippen LogP contribution in [0.2, 0.25) is 0 Å². The third-order valence-electron chi connectivity index (χ3n) is 4.65. The highest BCUT2D eigenvalue weighted by molar-refractivity contribution is 5.58. The van der Waals surface area contributed by atoms with Crippen LogP contribution in [0, 0.1) is 6.92 Å². The minimum Gasteiger partial charge on any atom is -0.416 e. The molecule has 3 heterocycles. The first-order chi connectivity index (χ1) is 12.3. The summed E-state index contributed by atoms with van der Waals surface area (Å²) in [5.41, 5.74) is 2.99. The van der Waals surface area contributed by atoms with E-state index in [0.29, 0.717) is 11.8 Å². The highest BCUT2D eigenvalue weighted by Crippen LogP contribution is 2.25. The summed E-state index contributed by atoms with van der Waals surface area (Å²) in [6, 6.07) is 12.1. The number of aryl methyl sites for hydroxylation is 1. The van der Waals surface area contributed by atoms with E-state index >= 15 is 0 Å². The second-order valence-corrected chi connectivity index (χ2v) is 6.58. The normalized spacial score (nSPS) is 15.2. The van der Waals surface area contributed by atoms with E-state index in [2.05, 4.69) is 33.1 Å². The smallest absolute Gasteiger partial charge is 0.249 e. The lowest BCUT2D eigenvalue weighted by molar-refractivity contribution is 0.584. The summed E-state index contributed by atoms with van der Waals surface area (Å²) in [4.78, 5) is 6.98. The number of benzene rings is 1. The van der Waals surface area contributed by atoms with Gasteiger partial charge in [-0.25, -0.2) is 4.98 Å². The fourth-order valence-electron chi connectivity index (χ4n) is 3.15. The van der Waals surface area contributed by atoms with E-state index in [-0.39, 0.29) is 0 Å². The zero-order valence-electron chi connectivity index (χ0n) is 14.5. The summed E-state index contributed by atoms with van der Waals surface area (Å²) in [5.74, 6) is 2.07. The van der Waals surface area contributed by atoms with Crippen LogP contribution in [0.3, 0.4) is 0 Å². The summed E-state index contributed by atoms with van der Waals surface area (Å²) in [5, 5.41) is 8.33. The minimum absolute atomic E-state index is 0.505. The molecule has 1 aliphatic rings. The first-order valence-corrected chi connectivity index (χ1v) is 8.91. The third kappa shape index (κ3) is 3.55. The Morgan fingerprint density at radius 2 is 1.44 bits per heavy atom. The lowest BCUT2D eigenvalue weighted by Crippen LogP contribution is -2.24. The zero-order valence-corrected chi connectivity index (χ0v) is 14.5. The number of hydrogen-bond donors (Lipinski definition) is 0. The van der Waals surface area contributed by atoms with Crippen LogP contribution >= 0.6 is 0 Å². The molecule has 25 heavy (non-hydrogen) atoms. The maximum atomic E-state index is 5.83. The van der Waals surface area contributed by atoms with Crippen molar-refractivity contribution < 1.29 is 4.42 Å². The Labute approximate surface area is 147 Å². The molecule has 5 heteroatoms. The Morgan fingerprint density at radius 1 is 0.800 bits per heavy atom. The first-order valence-electron chi connectivity index (χ1n) is 8.91. The van der Waals surface area contributed by atoms with Crippen LogP contribution in [-0.2, 0) is 0 Å². The Balaban J connectivity index is 1.53. The number of pyridine rings is 1. The number of anilines is 1. The highest BCUT2D eigenvalue weighted by Gasteiger charge is 2.14. The molecule has 0 atom stereocenters. The fourth-order valence-corrected chi connectivity index (χ4v) is 3.15. The van der Waals surface area contributed by atoms with Gasteiger partial charge in [0.15, 0.2) is 0 Å². The van der Waals surface area contributed by atoms with Gasteiger partial charge in [-0.15, -0.1) is 10.2 Å². The third-order valence-corrected chi connectivity index (χ3v) is 4.65. The zero-order chi connectivity index (χ0) is 17.1. The molecule has 1 saturated heterocycles. The van der Waals surface area contributed by atoms with Gasteiger partial charge < -0.3 is 9.32 Å². The van der Waals surface area contributed by atoms with Crippen LogP contribution in [0.1, 0.15) is 31.2 Å². The van der Waals surface area contributed by atoms with Crippen LogP contribution < -0.4 is 4.90 Å². The SMILES string of the molecule is Cc1ccc(-c2nnc(-c3ccc(N4CCCCCC4)nc3)o2)cc1. The highest BCUT2D eigenvalue weighted by atomic mass is 16.4. The van der Waals surface area contributed by atoms with E-state index in [1.165, 1.54) is 31.2 Å². The minimum atomic E-state index is 0.505. The van der Waals surface area contributed by atoms with Crippen LogP contribution in [-0.4, -0.2) is 28.3 Å². The Bertz CT molecular complexity index is 816. The molecule has 0 amide bonds. The fraction of sp³-hybridized carbons (Fsp3) is 0.350. The van der Waals surface area contributed by atoms with E-state index in [1.807, 2.05) is 36.5 Å². The number of rotatable bonds is 3. The molecule has 4 rings (SSSR count). The molecule has 1 aliphatic heterocycles. The number of nitrogens with zero attached hydrogens (tertiary/aromatic N) is 4. The lowest BCUT2D eigenvalue weighted by Gasteiger charge is -2.21. The Morgan fingerprint density at radius 3 is 2.08 bits per heavy atom. The Hall–Kier alpha value is -2.69. The van der Waals surface area contributed by atoms with Crippen molar-refractivity contribution >= 4 is 5.82 Å². The van der Waals surface area contributed by atoms with E-state index < -0.39 is 0 Å². The molecule has 0 bridgehead atoms. The van der Waals surface area contributed by atoms with E-state index in [1.54, 1.807) is 0 Å². The summed E-state index contributed by atoms with van der Waals surface area (Å²) in [6.45, 7) is 4.23. The van der Waals surface area contributed by atoms with Gasteiger partial charge >= 0.3 is 0 Å². The standard InChI is InChI=1S/C20H22N4O/c1-15-6-8-16(9-7-15)19-22-23-20(25-19)17-10-11-18(21-14-17)24-12-4-2-3-5-13-24/h6-11,14H,2-5,12-13H2,1H3. The molecule has 1 aromatic carbocycles. The molecular weight excluding hydrogens is 312 g/mol. The van der Waals surface area contributed by atoms with Gasteiger partial charge in [-0.05, 0) is 44.0 Å². The molecule has 3 aromatic rings. The molecule has 0 unspecified atom stereocenters. The van der Waals surface area contributed by atoms with Crippen molar-refractivity contribution in [2.75, 3.05) is 18.0 Å². The molecule has 0 saturated carbocycles. The van der Waals surface area contributed by atoms with Gasteiger partial charge in [0.2, 0.25) is 11.8 Å². The van der Waals surface area contributed by atoms with Gasteiger partial charge in [-0.2, -0.15) is 0 Å². The van der Waals surface area contributed by atoms with Gasteiger partial charge in [0.1, 0.15) is 5.82 Å². The van der Waals surface area contributed by atoms with E-state index in [0.717, 1.165) is 30.0 Å². The summed E-state index contributed by atoms with van der Waals surface area (Å²) in [6.07, 6.45) is 6.95. The van der Waals surface area contributed by atoms with E-state index in [4.69, 9.17) is 4.42 Å². The monoisotopic (exact) mass is 334 g/mol. The molecule has 0 spiro atoms. The number of hydrogen-bond acceptors (Lipinski definition) is 5.